The van der Waals surface area contributed by atoms with E-state index in [0.717, 1.165) is 25.2 Å². The SMILES string of the molecule is CC(C)C(C(=O)O)n1c(=O)n(C)c(=O)n(-c2ccc(F)cc2Cl)c1=O. The number of benzene rings is 1. The highest BCUT2D eigenvalue weighted by Crippen LogP contribution is 2.19. The van der Waals surface area contributed by atoms with Gasteiger partial charge in [0.05, 0.1) is 10.7 Å². The molecule has 10 heteroatoms. The number of aliphatic carboxylic acids is 1. The summed E-state index contributed by atoms with van der Waals surface area (Å²) in [5.74, 6) is -2.69. The first-order chi connectivity index (χ1) is 11.6. The van der Waals surface area contributed by atoms with Crippen molar-refractivity contribution >= 4 is 17.6 Å². The van der Waals surface area contributed by atoms with Gasteiger partial charge in [-0.15, -0.1) is 0 Å². The number of halogens is 2. The van der Waals surface area contributed by atoms with Crippen LogP contribution in [0.15, 0.2) is 32.6 Å². The van der Waals surface area contributed by atoms with Crippen molar-refractivity contribution in [2.75, 3.05) is 0 Å². The molecule has 0 aliphatic heterocycles. The van der Waals surface area contributed by atoms with Crippen LogP contribution in [0.3, 0.4) is 0 Å². The van der Waals surface area contributed by atoms with Gasteiger partial charge in [0.1, 0.15) is 11.9 Å². The van der Waals surface area contributed by atoms with Crippen molar-refractivity contribution in [3.8, 4) is 5.69 Å². The fourth-order valence-corrected chi connectivity index (χ4v) is 2.72. The number of hydrogen-bond acceptors (Lipinski definition) is 4. The van der Waals surface area contributed by atoms with Crippen LogP contribution in [-0.4, -0.2) is 24.8 Å². The molecule has 1 aromatic heterocycles. The standard InChI is InChI=1S/C15H15ClFN3O5/c1-7(2)11(12(21)22)20-14(24)18(3)13(23)19(15(20)25)10-5-4-8(17)6-9(10)16/h4-7,11H,1-3H3,(H,21,22). The van der Waals surface area contributed by atoms with Crippen molar-refractivity contribution in [3.05, 3.63) is 60.5 Å². The van der Waals surface area contributed by atoms with Gasteiger partial charge in [-0.05, 0) is 24.1 Å². The Morgan fingerprint density at radius 1 is 1.16 bits per heavy atom. The minimum absolute atomic E-state index is 0.157. The number of nitrogens with zero attached hydrogens (tertiary/aromatic N) is 3. The summed E-state index contributed by atoms with van der Waals surface area (Å²) in [5, 5.41) is 9.15. The van der Waals surface area contributed by atoms with Crippen LogP contribution in [-0.2, 0) is 11.8 Å². The summed E-state index contributed by atoms with van der Waals surface area (Å²) >= 11 is 5.91. The number of carboxylic acid groups (broad SMARTS) is 1. The molecule has 2 aromatic rings. The second-order valence-corrected chi connectivity index (χ2v) is 6.14. The van der Waals surface area contributed by atoms with E-state index in [-0.39, 0.29) is 10.7 Å². The molecule has 1 N–H and O–H groups in total. The smallest absolute Gasteiger partial charge is 0.341 e. The van der Waals surface area contributed by atoms with Crippen molar-refractivity contribution in [1.29, 1.82) is 0 Å². The van der Waals surface area contributed by atoms with E-state index < -0.39 is 40.8 Å². The average Bonchev–Trinajstić information content (AvgIpc) is 2.50. The topological polar surface area (TPSA) is 103 Å². The highest BCUT2D eigenvalue weighted by Gasteiger charge is 2.29. The first kappa shape index (κ1) is 18.7. The van der Waals surface area contributed by atoms with E-state index in [9.17, 15) is 28.7 Å². The summed E-state index contributed by atoms with van der Waals surface area (Å²) in [7, 11) is 1.10. The van der Waals surface area contributed by atoms with Gasteiger partial charge in [0.25, 0.3) is 0 Å². The lowest BCUT2D eigenvalue weighted by Gasteiger charge is -2.20. The predicted octanol–water partition coefficient (Wildman–Crippen LogP) is 0.772. The molecule has 1 unspecified atom stereocenters. The Morgan fingerprint density at radius 3 is 2.24 bits per heavy atom. The van der Waals surface area contributed by atoms with Crippen LogP contribution in [0.5, 0.6) is 0 Å². The third-order valence-corrected chi connectivity index (χ3v) is 3.98. The number of carboxylic acids is 1. The third kappa shape index (κ3) is 3.14. The van der Waals surface area contributed by atoms with Crippen molar-refractivity contribution in [2.24, 2.45) is 13.0 Å². The van der Waals surface area contributed by atoms with Gasteiger partial charge in [-0.2, -0.15) is 0 Å². The van der Waals surface area contributed by atoms with E-state index in [4.69, 9.17) is 11.6 Å². The molecule has 0 saturated heterocycles. The van der Waals surface area contributed by atoms with Crippen LogP contribution >= 0.6 is 11.6 Å². The van der Waals surface area contributed by atoms with Crippen LogP contribution in [0.4, 0.5) is 4.39 Å². The summed E-state index contributed by atoms with van der Waals surface area (Å²) in [6.07, 6.45) is 0. The largest absolute Gasteiger partial charge is 0.480 e. The van der Waals surface area contributed by atoms with Gasteiger partial charge in [-0.3, -0.25) is 0 Å². The zero-order valence-electron chi connectivity index (χ0n) is 13.6. The van der Waals surface area contributed by atoms with Crippen LogP contribution < -0.4 is 17.1 Å². The van der Waals surface area contributed by atoms with E-state index in [1.165, 1.54) is 13.8 Å². The number of aromatic nitrogens is 3. The van der Waals surface area contributed by atoms with Crippen molar-refractivity contribution < 1.29 is 14.3 Å². The van der Waals surface area contributed by atoms with Gasteiger partial charge in [-0.25, -0.2) is 37.3 Å². The maximum Gasteiger partial charge on any atom is 0.341 e. The van der Waals surface area contributed by atoms with Gasteiger partial charge < -0.3 is 5.11 Å². The molecule has 8 nitrogen and oxygen atoms in total. The Bertz CT molecular complexity index is 1020. The lowest BCUT2D eigenvalue weighted by Crippen LogP contribution is -2.55. The Labute approximate surface area is 145 Å². The number of carbonyl (C=O) groups is 1. The van der Waals surface area contributed by atoms with Gasteiger partial charge >= 0.3 is 23.0 Å². The van der Waals surface area contributed by atoms with Crippen molar-refractivity contribution in [2.45, 2.75) is 19.9 Å². The van der Waals surface area contributed by atoms with Crippen molar-refractivity contribution in [1.82, 2.24) is 13.7 Å². The van der Waals surface area contributed by atoms with Gasteiger partial charge in [0.15, 0.2) is 0 Å². The zero-order chi connectivity index (χ0) is 19.0. The Hall–Kier alpha value is -2.68. The normalized spacial score (nSPS) is 12.4. The van der Waals surface area contributed by atoms with E-state index in [1.54, 1.807) is 0 Å². The fraction of sp³-hybridized carbons (Fsp3) is 0.333. The summed E-state index contributed by atoms with van der Waals surface area (Å²) in [4.78, 5) is 49.0. The molecule has 134 valence electrons. The average molecular weight is 372 g/mol. The van der Waals surface area contributed by atoms with E-state index in [1.807, 2.05) is 0 Å². The highest BCUT2D eigenvalue weighted by atomic mass is 35.5. The molecular weight excluding hydrogens is 357 g/mol. The Kier molecular flexibility index (Phi) is 4.98. The van der Waals surface area contributed by atoms with E-state index >= 15 is 0 Å². The maximum absolute atomic E-state index is 13.2. The molecule has 0 bridgehead atoms. The summed E-state index contributed by atoms with van der Waals surface area (Å²) < 4.78 is 14.9. The molecular formula is C15H15ClFN3O5. The minimum Gasteiger partial charge on any atom is -0.480 e. The van der Waals surface area contributed by atoms with E-state index in [2.05, 4.69) is 0 Å². The van der Waals surface area contributed by atoms with Gasteiger partial charge in [-0.1, -0.05) is 25.4 Å². The molecule has 0 aliphatic rings. The molecule has 1 atom stereocenters. The molecule has 0 amide bonds. The first-order valence-electron chi connectivity index (χ1n) is 7.20. The lowest BCUT2D eigenvalue weighted by atomic mass is 10.0. The molecule has 0 aliphatic carbocycles. The molecule has 0 spiro atoms. The third-order valence-electron chi connectivity index (χ3n) is 3.68. The summed E-state index contributed by atoms with van der Waals surface area (Å²) in [6.45, 7) is 3.04. The Balaban J connectivity index is 2.98. The second-order valence-electron chi connectivity index (χ2n) is 5.73. The highest BCUT2D eigenvalue weighted by molar-refractivity contribution is 6.32. The predicted molar refractivity (Wildman–Crippen MR) is 88.0 cm³/mol. The molecule has 2 rings (SSSR count). The molecule has 0 fully saturated rings. The molecule has 0 saturated carbocycles. The van der Waals surface area contributed by atoms with Crippen LogP contribution in [0.25, 0.3) is 5.69 Å². The molecule has 25 heavy (non-hydrogen) atoms. The maximum atomic E-state index is 13.2. The van der Waals surface area contributed by atoms with E-state index in [0.29, 0.717) is 13.7 Å². The van der Waals surface area contributed by atoms with Crippen LogP contribution in [0.1, 0.15) is 19.9 Å². The van der Waals surface area contributed by atoms with Gasteiger partial charge in [0.2, 0.25) is 0 Å². The number of hydrogen-bond donors (Lipinski definition) is 1. The van der Waals surface area contributed by atoms with Crippen LogP contribution in [0, 0.1) is 11.7 Å². The fourth-order valence-electron chi connectivity index (χ4n) is 2.47. The molecule has 1 heterocycles. The summed E-state index contributed by atoms with van der Waals surface area (Å²) in [6, 6.07) is 1.49. The first-order valence-corrected chi connectivity index (χ1v) is 7.58. The lowest BCUT2D eigenvalue weighted by molar-refractivity contribution is -0.142. The minimum atomic E-state index is -1.49. The monoisotopic (exact) mass is 371 g/mol. The van der Waals surface area contributed by atoms with Crippen molar-refractivity contribution in [3.63, 3.8) is 0 Å². The molecule has 0 radical (unpaired) electrons. The van der Waals surface area contributed by atoms with Crippen LogP contribution in [0.2, 0.25) is 5.02 Å². The quantitative estimate of drug-likeness (QED) is 0.855. The second kappa shape index (κ2) is 6.67. The number of rotatable bonds is 4. The van der Waals surface area contributed by atoms with Gasteiger partial charge in [0, 0.05) is 7.05 Å². The zero-order valence-corrected chi connectivity index (χ0v) is 14.3. The summed E-state index contributed by atoms with van der Waals surface area (Å²) in [5.41, 5.74) is -3.41. The Morgan fingerprint density at radius 2 is 1.76 bits per heavy atom. The molecule has 1 aromatic carbocycles.